The van der Waals surface area contributed by atoms with Gasteiger partial charge < -0.3 is 9.84 Å². The molecule has 0 radical (unpaired) electrons. The van der Waals surface area contributed by atoms with E-state index in [1.807, 2.05) is 49.8 Å². The Morgan fingerprint density at radius 2 is 2.06 bits per heavy atom. The molecule has 3 aromatic rings. The third-order valence-corrected chi connectivity index (χ3v) is 6.50. The number of hydrogen-bond donors (Lipinski definition) is 1. The third kappa shape index (κ3) is 3.31. The van der Waals surface area contributed by atoms with E-state index < -0.39 is 6.09 Å². The van der Waals surface area contributed by atoms with E-state index in [0.717, 1.165) is 40.5 Å². The zero-order valence-electron chi connectivity index (χ0n) is 18.5. The molecule has 0 spiro atoms. The van der Waals surface area contributed by atoms with Gasteiger partial charge in [0.15, 0.2) is 5.16 Å². The van der Waals surface area contributed by atoms with Gasteiger partial charge in [0, 0.05) is 18.2 Å². The number of carbonyl (C=O) groups is 1. The number of amides is 1. The first-order chi connectivity index (χ1) is 15.3. The van der Waals surface area contributed by atoms with Crippen LogP contribution in [0.3, 0.4) is 0 Å². The van der Waals surface area contributed by atoms with Crippen LogP contribution in [0.4, 0.5) is 4.79 Å². The minimum absolute atomic E-state index is 0.256. The molecule has 0 saturated heterocycles. The molecule has 0 fully saturated rings. The topological polar surface area (TPSA) is 93.4 Å². The number of carboxylic acid groups (broad SMARTS) is 1. The van der Waals surface area contributed by atoms with Gasteiger partial charge in [0.25, 0.3) is 0 Å². The van der Waals surface area contributed by atoms with Crippen molar-refractivity contribution < 1.29 is 14.6 Å². The molecule has 5 rings (SSSR count). The van der Waals surface area contributed by atoms with E-state index in [9.17, 15) is 9.90 Å². The molecule has 1 N–H and O–H groups in total. The molecule has 1 aromatic carbocycles. The molecular formula is C23H25N5O3S. The van der Waals surface area contributed by atoms with Crippen molar-refractivity contribution in [2.45, 2.75) is 44.9 Å². The average molecular weight is 452 g/mol. The average Bonchev–Trinajstić information content (AvgIpc) is 3.45. The fourth-order valence-electron chi connectivity index (χ4n) is 4.62. The number of ether oxygens (including phenoxy) is 1. The van der Waals surface area contributed by atoms with Gasteiger partial charge in [0.1, 0.15) is 17.4 Å². The zero-order chi connectivity index (χ0) is 22.6. The Labute approximate surface area is 190 Å². The Hall–Kier alpha value is -3.07. The van der Waals surface area contributed by atoms with E-state index in [0.29, 0.717) is 17.6 Å². The molecule has 166 valence electrons. The summed E-state index contributed by atoms with van der Waals surface area (Å²) in [5, 5.41) is 10.6. The van der Waals surface area contributed by atoms with Crippen molar-refractivity contribution in [1.82, 2.24) is 24.4 Å². The summed E-state index contributed by atoms with van der Waals surface area (Å²) in [5.74, 6) is 2.36. The SMILES string of the molecule is CSc1nccc(-n2c(-c3ccc4c(c3)CCO4)nc3c2CN(C(=O)O)C3C(C)(C)C)n1. The van der Waals surface area contributed by atoms with Gasteiger partial charge >= 0.3 is 6.09 Å². The largest absolute Gasteiger partial charge is 0.493 e. The third-order valence-electron chi connectivity index (χ3n) is 5.94. The van der Waals surface area contributed by atoms with Gasteiger partial charge in [-0.15, -0.1) is 0 Å². The molecule has 2 aliphatic heterocycles. The molecule has 4 heterocycles. The first kappa shape index (κ1) is 20.8. The highest BCUT2D eigenvalue weighted by Gasteiger charge is 2.45. The summed E-state index contributed by atoms with van der Waals surface area (Å²) in [6, 6.07) is 7.61. The van der Waals surface area contributed by atoms with Crippen molar-refractivity contribution in [2.24, 2.45) is 5.41 Å². The van der Waals surface area contributed by atoms with Gasteiger partial charge in [-0.25, -0.2) is 19.7 Å². The summed E-state index contributed by atoms with van der Waals surface area (Å²) < 4.78 is 7.67. The monoisotopic (exact) mass is 451 g/mol. The second-order valence-electron chi connectivity index (χ2n) is 9.10. The number of imidazole rings is 1. The summed E-state index contributed by atoms with van der Waals surface area (Å²) in [7, 11) is 0. The number of aromatic nitrogens is 4. The van der Waals surface area contributed by atoms with Gasteiger partial charge in [-0.2, -0.15) is 0 Å². The summed E-state index contributed by atoms with van der Waals surface area (Å²) in [4.78, 5) is 27.6. The van der Waals surface area contributed by atoms with Crippen LogP contribution >= 0.6 is 11.8 Å². The predicted octanol–water partition coefficient (Wildman–Crippen LogP) is 4.57. The van der Waals surface area contributed by atoms with Crippen LogP contribution in [0.2, 0.25) is 0 Å². The van der Waals surface area contributed by atoms with Crippen molar-refractivity contribution in [3.05, 3.63) is 47.4 Å². The number of hydrogen-bond acceptors (Lipinski definition) is 6. The second-order valence-corrected chi connectivity index (χ2v) is 9.88. The van der Waals surface area contributed by atoms with E-state index in [1.54, 1.807) is 6.20 Å². The lowest BCUT2D eigenvalue weighted by molar-refractivity contribution is 0.0880. The molecule has 32 heavy (non-hydrogen) atoms. The molecule has 2 aromatic heterocycles. The van der Waals surface area contributed by atoms with Crippen molar-refractivity contribution in [3.63, 3.8) is 0 Å². The first-order valence-corrected chi connectivity index (χ1v) is 11.7. The van der Waals surface area contributed by atoms with Crippen molar-refractivity contribution >= 4 is 17.9 Å². The van der Waals surface area contributed by atoms with Gasteiger partial charge in [0.2, 0.25) is 0 Å². The predicted molar refractivity (Wildman–Crippen MR) is 121 cm³/mol. The standard InChI is InChI=1S/C23H25N5O3S/c1-23(2,3)19-18-15(12-27(19)22(29)30)28(17-7-9-24-21(25-17)32-4)20(26-18)14-5-6-16-13(11-14)8-10-31-16/h5-7,9,11,19H,8,10,12H2,1-4H3,(H,29,30). The fraction of sp³-hybridized carbons (Fsp3) is 0.391. The lowest BCUT2D eigenvalue weighted by Gasteiger charge is -2.33. The van der Waals surface area contributed by atoms with Crippen LogP contribution in [-0.4, -0.2) is 48.5 Å². The van der Waals surface area contributed by atoms with Crippen LogP contribution in [0.15, 0.2) is 35.6 Å². The Morgan fingerprint density at radius 3 is 2.78 bits per heavy atom. The normalized spacial score (nSPS) is 17.2. The highest BCUT2D eigenvalue weighted by Crippen LogP contribution is 2.47. The summed E-state index contributed by atoms with van der Waals surface area (Å²) in [6.45, 7) is 7.08. The number of nitrogens with zero attached hydrogens (tertiary/aromatic N) is 5. The molecule has 8 nitrogen and oxygen atoms in total. The van der Waals surface area contributed by atoms with Gasteiger partial charge in [-0.1, -0.05) is 32.5 Å². The fourth-order valence-corrected chi connectivity index (χ4v) is 4.97. The lowest BCUT2D eigenvalue weighted by Crippen LogP contribution is -2.36. The Bertz CT molecular complexity index is 1220. The quantitative estimate of drug-likeness (QED) is 0.461. The Kier molecular flexibility index (Phi) is 4.88. The maximum atomic E-state index is 12.1. The van der Waals surface area contributed by atoms with E-state index in [2.05, 4.69) is 11.1 Å². The van der Waals surface area contributed by atoms with Crippen LogP contribution < -0.4 is 4.74 Å². The summed E-state index contributed by atoms with van der Waals surface area (Å²) in [5.41, 5.74) is 3.44. The number of benzene rings is 1. The molecule has 2 aliphatic rings. The van der Waals surface area contributed by atoms with Crippen LogP contribution in [0, 0.1) is 5.41 Å². The molecule has 1 amide bonds. The molecule has 1 atom stereocenters. The minimum atomic E-state index is -0.946. The molecule has 0 aliphatic carbocycles. The summed E-state index contributed by atoms with van der Waals surface area (Å²) in [6.07, 6.45) is 3.58. The zero-order valence-corrected chi connectivity index (χ0v) is 19.3. The summed E-state index contributed by atoms with van der Waals surface area (Å²) >= 11 is 1.46. The highest BCUT2D eigenvalue weighted by molar-refractivity contribution is 7.98. The highest BCUT2D eigenvalue weighted by atomic mass is 32.2. The van der Waals surface area contributed by atoms with E-state index in [-0.39, 0.29) is 18.0 Å². The van der Waals surface area contributed by atoms with E-state index >= 15 is 0 Å². The van der Waals surface area contributed by atoms with Crippen molar-refractivity contribution in [3.8, 4) is 23.0 Å². The number of thioether (sulfide) groups is 1. The lowest BCUT2D eigenvalue weighted by atomic mass is 9.85. The minimum Gasteiger partial charge on any atom is -0.493 e. The number of rotatable bonds is 3. The van der Waals surface area contributed by atoms with Gasteiger partial charge in [-0.3, -0.25) is 9.47 Å². The molecule has 0 bridgehead atoms. The van der Waals surface area contributed by atoms with Crippen LogP contribution in [0.1, 0.15) is 43.8 Å². The van der Waals surface area contributed by atoms with Gasteiger partial charge in [0.05, 0.1) is 30.6 Å². The molecular weight excluding hydrogens is 426 g/mol. The maximum absolute atomic E-state index is 12.1. The number of fused-ring (bicyclic) bond motifs is 2. The van der Waals surface area contributed by atoms with Gasteiger partial charge in [-0.05, 0) is 41.5 Å². The smallest absolute Gasteiger partial charge is 0.408 e. The molecule has 0 saturated carbocycles. The van der Waals surface area contributed by atoms with Crippen LogP contribution in [0.5, 0.6) is 5.75 Å². The molecule has 9 heteroatoms. The van der Waals surface area contributed by atoms with E-state index in [4.69, 9.17) is 14.7 Å². The van der Waals surface area contributed by atoms with Crippen molar-refractivity contribution in [2.75, 3.05) is 12.9 Å². The van der Waals surface area contributed by atoms with Crippen LogP contribution in [-0.2, 0) is 13.0 Å². The first-order valence-electron chi connectivity index (χ1n) is 10.5. The van der Waals surface area contributed by atoms with Crippen LogP contribution in [0.25, 0.3) is 17.2 Å². The molecule has 1 unspecified atom stereocenters. The van der Waals surface area contributed by atoms with E-state index in [1.165, 1.54) is 16.7 Å². The second kappa shape index (κ2) is 7.51. The Balaban J connectivity index is 1.75. The maximum Gasteiger partial charge on any atom is 0.408 e. The Morgan fingerprint density at radius 1 is 1.25 bits per heavy atom. The van der Waals surface area contributed by atoms with Crippen molar-refractivity contribution in [1.29, 1.82) is 0 Å².